The van der Waals surface area contributed by atoms with Gasteiger partial charge in [-0.15, -0.1) is 0 Å². The van der Waals surface area contributed by atoms with Crippen LogP contribution in [0.3, 0.4) is 0 Å². The first-order valence-corrected chi connectivity index (χ1v) is 36.1. The fourth-order valence-corrected chi connectivity index (χ4v) is 17.7. The molecule has 16 heteroatoms. The van der Waals surface area contributed by atoms with Gasteiger partial charge in [0.2, 0.25) is 0 Å². The molecule has 4 saturated heterocycles. The summed E-state index contributed by atoms with van der Waals surface area (Å²) in [6.45, 7) is 7.44. The molecule has 0 aromatic heterocycles. The van der Waals surface area contributed by atoms with Crippen LogP contribution in [0, 0.1) is 35.5 Å². The van der Waals surface area contributed by atoms with E-state index in [1.807, 2.05) is 72.9 Å². The van der Waals surface area contributed by atoms with Gasteiger partial charge in [-0.2, -0.15) is 0 Å². The van der Waals surface area contributed by atoms with Gasteiger partial charge in [0.25, 0.3) is 0 Å². The highest BCUT2D eigenvalue weighted by atomic mass is 16.6. The third-order valence-corrected chi connectivity index (χ3v) is 23.3. The van der Waals surface area contributed by atoms with Gasteiger partial charge in [0.1, 0.15) is 26.2 Å². The number of hydrogen-bond donors (Lipinski definition) is 4. The molecule has 0 spiro atoms. The Bertz CT molecular complexity index is 2600. The van der Waals surface area contributed by atoms with Gasteiger partial charge in [0.15, 0.2) is 46.8 Å². The Kier molecular flexibility index (Phi) is 30.1. The quantitative estimate of drug-likeness (QED) is 0.0652. The van der Waals surface area contributed by atoms with Crippen molar-refractivity contribution in [3.63, 3.8) is 0 Å². The molecular weight excluding hydrogens is 1210 g/mol. The van der Waals surface area contributed by atoms with Crippen molar-refractivity contribution in [2.45, 2.75) is 243 Å². The molecule has 10 atom stereocenters. The van der Waals surface area contributed by atoms with Gasteiger partial charge >= 0.3 is 23.9 Å². The summed E-state index contributed by atoms with van der Waals surface area (Å²) in [7, 11) is 17.3. The lowest BCUT2D eigenvalue weighted by atomic mass is 9.73. The summed E-state index contributed by atoms with van der Waals surface area (Å²) in [5.41, 5.74) is -3.86. The molecule has 16 nitrogen and oxygen atoms in total. The second-order valence-corrected chi connectivity index (χ2v) is 32.4. The molecule has 0 amide bonds. The first-order chi connectivity index (χ1) is 43.7. The Morgan fingerprint density at radius 2 is 0.635 bits per heavy atom. The maximum Gasteiger partial charge on any atom is 0.343 e. The summed E-state index contributed by atoms with van der Waals surface area (Å²) in [5, 5.41) is 45.7. The average molecular weight is 1350 g/mol. The van der Waals surface area contributed by atoms with Gasteiger partial charge in [-0.05, 0) is 113 Å². The van der Waals surface area contributed by atoms with Crippen LogP contribution in [-0.4, -0.2) is 218 Å². The molecule has 4 N–H and O–H groups in total. The van der Waals surface area contributed by atoms with Crippen LogP contribution >= 0.6 is 0 Å². The van der Waals surface area contributed by atoms with Crippen molar-refractivity contribution >= 4 is 23.9 Å². The van der Waals surface area contributed by atoms with Crippen LogP contribution in [0.4, 0.5) is 0 Å². The van der Waals surface area contributed by atoms with E-state index in [1.165, 1.54) is 0 Å². The molecule has 12 aliphatic rings. The lowest BCUT2D eigenvalue weighted by molar-refractivity contribution is -0.879. The normalized spacial score (nSPS) is 30.1. The number of allylic oxidation sites excluding steroid dienone is 12. The zero-order valence-electron chi connectivity index (χ0n) is 57.7. The van der Waals surface area contributed by atoms with E-state index >= 15 is 0 Å². The van der Waals surface area contributed by atoms with E-state index < -0.39 is 34.3 Å². The second-order valence-electron chi connectivity index (χ2n) is 32.4. The van der Waals surface area contributed by atoms with Crippen LogP contribution in [0.25, 0.3) is 0 Å². The van der Waals surface area contributed by atoms with Crippen molar-refractivity contribution in [2.75, 3.05) is 109 Å². The van der Waals surface area contributed by atoms with Gasteiger partial charge in [-0.3, -0.25) is 0 Å². The van der Waals surface area contributed by atoms with Crippen LogP contribution in [0.2, 0.25) is 0 Å². The van der Waals surface area contributed by atoms with Crippen LogP contribution in [0.1, 0.15) is 197 Å². The number of hydrogen-bond acceptors (Lipinski definition) is 12. The van der Waals surface area contributed by atoms with E-state index in [2.05, 4.69) is 68.5 Å². The minimum absolute atomic E-state index is 0. The number of likely N-dealkylation sites (tertiary alicyclic amines) is 4. The largest absolute Gasteiger partial charge is 0.454 e. The second kappa shape index (κ2) is 35.2. The Hall–Kier alpha value is -4.52. The monoisotopic (exact) mass is 1350 g/mol. The SMILES string of the molecule is C.C.C.C.C[N+]1(C)CCC(OC(=O)[C@@](O)(C2C=CC=CC2)C2CCCC2)C1.C[N+]1(C)CCC(OC(=O)[C@@](O)(C2C=CC=CC2)C2CCCC2)C1.C[N+]1(C)CCC(OC(=O)[C@](O)(C2=CC=CCC2)C2CCCC2)C1.C[N+]1(C)CCC(OC(=O)[C@](O)(C2=CC=CCC2)C2CCCC2)C1. The number of carbonyl (C=O) groups excluding carboxylic acids is 4. The van der Waals surface area contributed by atoms with Gasteiger partial charge < -0.3 is 57.3 Å². The molecule has 12 rings (SSSR count). The Balaban J connectivity index is 0.000000228. The molecule has 0 aromatic rings. The molecule has 8 fully saturated rings. The molecule has 4 aliphatic heterocycles. The predicted octanol–water partition coefficient (Wildman–Crippen LogP) is 12.6. The molecule has 4 saturated carbocycles. The Morgan fingerprint density at radius 3 is 0.865 bits per heavy atom. The summed E-state index contributed by atoms with van der Waals surface area (Å²) < 4.78 is 26.8. The fourth-order valence-electron chi connectivity index (χ4n) is 17.7. The number of aliphatic hydroxyl groups is 4. The van der Waals surface area contributed by atoms with Crippen molar-refractivity contribution in [3.05, 3.63) is 96.2 Å². The van der Waals surface area contributed by atoms with Crippen LogP contribution in [0.5, 0.6) is 0 Å². The maximum absolute atomic E-state index is 13.0. The van der Waals surface area contributed by atoms with Crippen molar-refractivity contribution in [1.82, 2.24) is 0 Å². The van der Waals surface area contributed by atoms with Crippen LogP contribution in [-0.2, 0) is 38.1 Å². The molecule has 8 aliphatic carbocycles. The third kappa shape index (κ3) is 19.9. The van der Waals surface area contributed by atoms with E-state index in [9.17, 15) is 39.6 Å². The lowest BCUT2D eigenvalue weighted by Gasteiger charge is -2.38. The van der Waals surface area contributed by atoms with Crippen LogP contribution < -0.4 is 0 Å². The Labute approximate surface area is 581 Å². The zero-order chi connectivity index (χ0) is 66.0. The molecule has 4 heterocycles. The van der Waals surface area contributed by atoms with Gasteiger partial charge in [0, 0.05) is 49.4 Å². The van der Waals surface area contributed by atoms with E-state index in [-0.39, 0.29) is 102 Å². The zero-order valence-corrected chi connectivity index (χ0v) is 57.7. The number of rotatable bonds is 16. The minimum atomic E-state index is -1.42. The van der Waals surface area contributed by atoms with E-state index in [0.29, 0.717) is 12.8 Å². The number of quaternary nitrogens is 4. The molecule has 6 unspecified atom stereocenters. The molecule has 96 heavy (non-hydrogen) atoms. The van der Waals surface area contributed by atoms with Crippen molar-refractivity contribution < 1.29 is 76.5 Å². The first kappa shape index (κ1) is 82.1. The predicted molar refractivity (Wildman–Crippen MR) is 386 cm³/mol. The van der Waals surface area contributed by atoms with Crippen molar-refractivity contribution in [3.8, 4) is 0 Å². The topological polar surface area (TPSA) is 186 Å². The van der Waals surface area contributed by atoms with E-state index in [1.54, 1.807) is 0 Å². The number of nitrogens with zero attached hydrogens (tertiary/aromatic N) is 4. The highest BCUT2D eigenvalue weighted by Gasteiger charge is 2.56. The summed E-state index contributed by atoms with van der Waals surface area (Å²) in [6, 6.07) is 0. The van der Waals surface area contributed by atoms with Gasteiger partial charge in [0.05, 0.1) is 82.6 Å². The highest BCUT2D eigenvalue weighted by Crippen LogP contribution is 2.47. The van der Waals surface area contributed by atoms with E-state index in [4.69, 9.17) is 18.9 Å². The molecule has 0 bridgehead atoms. The minimum Gasteiger partial charge on any atom is -0.454 e. The third-order valence-electron chi connectivity index (χ3n) is 23.3. The Morgan fingerprint density at radius 1 is 0.365 bits per heavy atom. The average Bonchev–Trinajstić information content (AvgIpc) is 1.41. The lowest BCUT2D eigenvalue weighted by Crippen LogP contribution is -2.53. The molecular formula is C80H136N4O12+4. The van der Waals surface area contributed by atoms with Crippen molar-refractivity contribution in [1.29, 1.82) is 0 Å². The van der Waals surface area contributed by atoms with Gasteiger partial charge in [-0.1, -0.05) is 166 Å². The standard InChI is InChI=1S/4C19H30NO3.4CH4/c4*1-20(2)13-12-17(14-20)23-18(21)19(22,16-10-6-7-11-16)15-8-4-3-5-9-15;;;;/h2*3-4,8,16-17,22H,5-7,9-14H2,1-2H3;2*3-5,8,15-17,22H,6-7,9-14H2,1-2H3;4*1H4/q4*+1;;;;/t2*17?,19-;2*15?,17?,19-;;;;/m0011..../s1. The summed E-state index contributed by atoms with van der Waals surface area (Å²) >= 11 is 0. The smallest absolute Gasteiger partial charge is 0.343 e. The summed E-state index contributed by atoms with van der Waals surface area (Å²) in [6.07, 6.45) is 52.0. The van der Waals surface area contributed by atoms with E-state index in [0.717, 1.165) is 236 Å². The van der Waals surface area contributed by atoms with Crippen molar-refractivity contribution in [2.24, 2.45) is 35.5 Å². The number of esters is 4. The maximum atomic E-state index is 13.0. The van der Waals surface area contributed by atoms with Crippen LogP contribution in [0.15, 0.2) is 96.2 Å². The fraction of sp³-hybridized carbons (Fsp3) is 0.750. The summed E-state index contributed by atoms with van der Waals surface area (Å²) in [4.78, 5) is 51.9. The first-order valence-electron chi connectivity index (χ1n) is 36.1. The molecule has 544 valence electrons. The number of likely N-dealkylation sites (N-methyl/N-ethyl adjacent to an activating group) is 4. The number of ether oxygens (including phenoxy) is 4. The molecule has 0 aromatic carbocycles. The summed E-state index contributed by atoms with van der Waals surface area (Å²) in [5.74, 6) is -1.83. The highest BCUT2D eigenvalue weighted by molar-refractivity contribution is 5.85. The number of carbonyl (C=O) groups is 4. The molecule has 0 radical (unpaired) electrons. The van der Waals surface area contributed by atoms with Gasteiger partial charge in [-0.25, -0.2) is 19.2 Å².